The van der Waals surface area contributed by atoms with E-state index in [9.17, 15) is 4.79 Å². The largest absolute Gasteiger partial charge is 0.383 e. The molecular formula is C11H17N5OS. The van der Waals surface area contributed by atoms with Crippen molar-refractivity contribution in [3.05, 3.63) is 6.07 Å². The molecule has 98 valence electrons. The Balaban J connectivity index is 2.29. The minimum absolute atomic E-state index is 0.0235. The molecule has 0 aromatic carbocycles. The van der Waals surface area contributed by atoms with E-state index in [2.05, 4.69) is 15.3 Å². The molecule has 0 saturated carbocycles. The maximum absolute atomic E-state index is 11.8. The summed E-state index contributed by atoms with van der Waals surface area (Å²) in [6, 6.07) is 1.57. The molecule has 0 aliphatic carbocycles. The summed E-state index contributed by atoms with van der Waals surface area (Å²) in [5.74, 6) is 1.19. The van der Waals surface area contributed by atoms with E-state index in [-0.39, 0.29) is 11.9 Å². The fraction of sp³-hybridized carbons (Fsp3) is 0.545. The summed E-state index contributed by atoms with van der Waals surface area (Å²) in [4.78, 5) is 22.3. The predicted molar refractivity (Wildman–Crippen MR) is 72.7 cm³/mol. The molecule has 1 fully saturated rings. The zero-order valence-corrected chi connectivity index (χ0v) is 11.3. The number of rotatable bonds is 3. The number of hydrogen-bond donors (Lipinski definition) is 2. The van der Waals surface area contributed by atoms with Gasteiger partial charge in [0.15, 0.2) is 5.16 Å². The second-order valence-electron chi connectivity index (χ2n) is 4.10. The monoisotopic (exact) mass is 267 g/mol. The first-order valence-corrected chi connectivity index (χ1v) is 7.05. The molecular weight excluding hydrogens is 250 g/mol. The lowest BCUT2D eigenvalue weighted by Crippen LogP contribution is -2.42. The minimum atomic E-state index is -0.154. The van der Waals surface area contributed by atoms with Gasteiger partial charge in [-0.25, -0.2) is 9.97 Å². The Bertz CT molecular complexity index is 453. The number of carbonyl (C=O) groups excluding carboxylic acids is 1. The van der Waals surface area contributed by atoms with Gasteiger partial charge in [0.1, 0.15) is 17.7 Å². The number of carbonyl (C=O) groups is 1. The quantitative estimate of drug-likeness (QED) is 0.613. The van der Waals surface area contributed by atoms with Gasteiger partial charge in [-0.15, -0.1) is 0 Å². The van der Waals surface area contributed by atoms with Crippen LogP contribution in [0.25, 0.3) is 0 Å². The van der Waals surface area contributed by atoms with Gasteiger partial charge in [-0.2, -0.15) is 0 Å². The van der Waals surface area contributed by atoms with Crippen molar-refractivity contribution in [3.63, 3.8) is 0 Å². The summed E-state index contributed by atoms with van der Waals surface area (Å²) in [5.41, 5.74) is 5.76. The molecule has 7 heteroatoms. The first-order chi connectivity index (χ1) is 8.65. The van der Waals surface area contributed by atoms with Crippen molar-refractivity contribution < 1.29 is 4.79 Å². The third-order valence-corrected chi connectivity index (χ3v) is 3.54. The molecule has 1 atom stereocenters. The second kappa shape index (κ2) is 5.43. The molecule has 1 aliphatic heterocycles. The average Bonchev–Trinajstić information content (AvgIpc) is 2.86. The molecule has 3 N–H and O–H groups in total. The summed E-state index contributed by atoms with van der Waals surface area (Å²) < 4.78 is 0. The van der Waals surface area contributed by atoms with E-state index in [0.717, 1.165) is 25.2 Å². The van der Waals surface area contributed by atoms with Gasteiger partial charge < -0.3 is 16.0 Å². The number of amides is 1. The number of nitrogen functional groups attached to an aromatic ring is 1. The maximum Gasteiger partial charge on any atom is 0.242 e. The fourth-order valence-electron chi connectivity index (χ4n) is 2.15. The van der Waals surface area contributed by atoms with Crippen molar-refractivity contribution in [1.29, 1.82) is 0 Å². The predicted octanol–water partition coefficient (Wildman–Crippen LogP) is 0.495. The Labute approximate surface area is 110 Å². The SMILES string of the molecule is CNC(=O)C1CCCN1c1cc(N)nc(SC)n1. The van der Waals surface area contributed by atoms with Crippen LogP contribution in [0, 0.1) is 0 Å². The minimum Gasteiger partial charge on any atom is -0.383 e. The van der Waals surface area contributed by atoms with Crippen LogP contribution in [-0.2, 0) is 4.79 Å². The molecule has 2 heterocycles. The van der Waals surface area contributed by atoms with E-state index in [1.165, 1.54) is 11.8 Å². The van der Waals surface area contributed by atoms with Gasteiger partial charge in [-0.1, -0.05) is 11.8 Å². The van der Waals surface area contributed by atoms with Gasteiger partial charge in [-0.05, 0) is 19.1 Å². The molecule has 18 heavy (non-hydrogen) atoms. The third-order valence-electron chi connectivity index (χ3n) is 2.99. The molecule has 1 aromatic rings. The highest BCUT2D eigenvalue weighted by Crippen LogP contribution is 2.26. The highest BCUT2D eigenvalue weighted by molar-refractivity contribution is 7.98. The van der Waals surface area contributed by atoms with Crippen molar-refractivity contribution in [2.45, 2.75) is 24.0 Å². The van der Waals surface area contributed by atoms with Gasteiger partial charge in [0.05, 0.1) is 0 Å². The van der Waals surface area contributed by atoms with E-state index in [1.807, 2.05) is 11.2 Å². The van der Waals surface area contributed by atoms with Crippen LogP contribution in [-0.4, -0.2) is 41.8 Å². The Hall–Kier alpha value is -1.50. The Kier molecular flexibility index (Phi) is 3.90. The van der Waals surface area contributed by atoms with E-state index in [1.54, 1.807) is 13.1 Å². The molecule has 0 spiro atoms. The first-order valence-electron chi connectivity index (χ1n) is 5.82. The summed E-state index contributed by atoms with van der Waals surface area (Å²) in [6.45, 7) is 0.822. The van der Waals surface area contributed by atoms with Crippen molar-refractivity contribution in [2.24, 2.45) is 0 Å². The Morgan fingerprint density at radius 3 is 3.06 bits per heavy atom. The second-order valence-corrected chi connectivity index (χ2v) is 4.88. The maximum atomic E-state index is 11.8. The van der Waals surface area contributed by atoms with Crippen molar-refractivity contribution >= 4 is 29.3 Å². The number of nitrogens with two attached hydrogens (primary N) is 1. The van der Waals surface area contributed by atoms with Crippen LogP contribution in [0.4, 0.5) is 11.6 Å². The smallest absolute Gasteiger partial charge is 0.242 e. The first kappa shape index (κ1) is 12.9. The van der Waals surface area contributed by atoms with Crippen LogP contribution in [0.2, 0.25) is 0 Å². The number of anilines is 2. The van der Waals surface area contributed by atoms with Crippen LogP contribution in [0.5, 0.6) is 0 Å². The van der Waals surface area contributed by atoms with E-state index in [4.69, 9.17) is 5.73 Å². The lowest BCUT2D eigenvalue weighted by Gasteiger charge is -2.24. The third kappa shape index (κ3) is 2.50. The number of hydrogen-bond acceptors (Lipinski definition) is 6. The zero-order valence-electron chi connectivity index (χ0n) is 10.5. The number of nitrogens with zero attached hydrogens (tertiary/aromatic N) is 3. The summed E-state index contributed by atoms with van der Waals surface area (Å²) >= 11 is 1.44. The van der Waals surface area contributed by atoms with Crippen molar-refractivity contribution in [2.75, 3.05) is 30.5 Å². The fourth-order valence-corrected chi connectivity index (χ4v) is 2.53. The lowest BCUT2D eigenvalue weighted by molar-refractivity contribution is -0.121. The van der Waals surface area contributed by atoms with Crippen LogP contribution in [0.1, 0.15) is 12.8 Å². The van der Waals surface area contributed by atoms with Crippen LogP contribution in [0.3, 0.4) is 0 Å². The van der Waals surface area contributed by atoms with Crippen LogP contribution < -0.4 is 16.0 Å². The van der Waals surface area contributed by atoms with Gasteiger partial charge in [0, 0.05) is 19.7 Å². The molecule has 0 bridgehead atoms. The van der Waals surface area contributed by atoms with Crippen LogP contribution in [0.15, 0.2) is 11.2 Å². The van der Waals surface area contributed by atoms with E-state index < -0.39 is 0 Å². The Morgan fingerprint density at radius 2 is 2.39 bits per heavy atom. The lowest BCUT2D eigenvalue weighted by atomic mass is 10.2. The molecule has 1 saturated heterocycles. The number of aromatic nitrogens is 2. The van der Waals surface area contributed by atoms with Crippen molar-refractivity contribution in [1.82, 2.24) is 15.3 Å². The molecule has 1 amide bonds. The Morgan fingerprint density at radius 1 is 1.61 bits per heavy atom. The average molecular weight is 267 g/mol. The highest BCUT2D eigenvalue weighted by Gasteiger charge is 2.31. The summed E-state index contributed by atoms with van der Waals surface area (Å²) in [6.07, 6.45) is 3.73. The molecule has 2 rings (SSSR count). The van der Waals surface area contributed by atoms with E-state index >= 15 is 0 Å². The number of likely N-dealkylation sites (N-methyl/N-ethyl adjacent to an activating group) is 1. The van der Waals surface area contributed by atoms with Crippen molar-refractivity contribution in [3.8, 4) is 0 Å². The van der Waals surface area contributed by atoms with Crippen LogP contribution >= 0.6 is 11.8 Å². The molecule has 1 aromatic heterocycles. The van der Waals surface area contributed by atoms with Gasteiger partial charge >= 0.3 is 0 Å². The van der Waals surface area contributed by atoms with Gasteiger partial charge in [0.2, 0.25) is 5.91 Å². The summed E-state index contributed by atoms with van der Waals surface area (Å²) in [7, 11) is 1.65. The molecule has 1 unspecified atom stereocenters. The van der Waals surface area contributed by atoms with E-state index in [0.29, 0.717) is 11.0 Å². The normalized spacial score (nSPS) is 19.0. The zero-order chi connectivity index (χ0) is 13.1. The topological polar surface area (TPSA) is 84.1 Å². The standard InChI is InChI=1S/C11H17N5OS/c1-13-10(17)7-4-3-5-16(7)9-6-8(12)14-11(15-9)18-2/h6-7H,3-5H2,1-2H3,(H,13,17)(H2,12,14,15). The molecule has 0 radical (unpaired) electrons. The highest BCUT2D eigenvalue weighted by atomic mass is 32.2. The molecule has 1 aliphatic rings. The van der Waals surface area contributed by atoms with Gasteiger partial charge in [-0.3, -0.25) is 4.79 Å². The summed E-state index contributed by atoms with van der Waals surface area (Å²) in [5, 5.41) is 3.32. The number of nitrogens with one attached hydrogen (secondary N) is 1. The molecule has 6 nitrogen and oxygen atoms in total. The van der Waals surface area contributed by atoms with Gasteiger partial charge in [0.25, 0.3) is 0 Å². The number of thioether (sulfide) groups is 1.